The second-order valence-electron chi connectivity index (χ2n) is 5.14. The zero-order valence-corrected chi connectivity index (χ0v) is 13.0. The van der Waals surface area contributed by atoms with Crippen molar-refractivity contribution in [3.8, 4) is 6.07 Å². The lowest BCUT2D eigenvalue weighted by Gasteiger charge is -2.29. The van der Waals surface area contributed by atoms with Crippen LogP contribution < -0.4 is 0 Å². The average Bonchev–Trinajstić information content (AvgIpc) is 2.59. The highest BCUT2D eigenvalue weighted by Crippen LogP contribution is 2.47. The van der Waals surface area contributed by atoms with Crippen LogP contribution in [0, 0.1) is 23.7 Å². The summed E-state index contributed by atoms with van der Waals surface area (Å²) in [5.41, 5.74) is -0.576. The quantitative estimate of drug-likeness (QED) is 0.799. The lowest BCUT2D eigenvalue weighted by molar-refractivity contribution is 0.0546. The van der Waals surface area contributed by atoms with Gasteiger partial charge in [0.25, 0.3) is 0 Å². The van der Waals surface area contributed by atoms with Gasteiger partial charge in [-0.1, -0.05) is 25.7 Å². The Labute approximate surface area is 121 Å². The number of thiophene rings is 1. The Hall–Kier alpha value is -0.370. The molecule has 18 heavy (non-hydrogen) atoms. The largest absolute Gasteiger partial charge is 0.386 e. The zero-order valence-electron chi connectivity index (χ0n) is 10.6. The first kappa shape index (κ1) is 14.0. The van der Waals surface area contributed by atoms with Crippen LogP contribution >= 0.6 is 27.3 Å². The minimum Gasteiger partial charge on any atom is -0.386 e. The number of halogens is 1. The van der Waals surface area contributed by atoms with Crippen LogP contribution in [0.2, 0.25) is 0 Å². The summed E-state index contributed by atoms with van der Waals surface area (Å²) >= 11 is 5.07. The van der Waals surface area contributed by atoms with E-state index in [1.54, 1.807) is 11.3 Å². The highest BCUT2D eigenvalue weighted by Gasteiger charge is 2.40. The van der Waals surface area contributed by atoms with Crippen LogP contribution in [0.1, 0.15) is 54.4 Å². The third kappa shape index (κ3) is 2.64. The number of rotatable bonds is 2. The molecule has 1 aliphatic rings. The van der Waals surface area contributed by atoms with Gasteiger partial charge >= 0.3 is 0 Å². The second kappa shape index (κ2) is 5.73. The molecule has 1 aromatic rings. The maximum absolute atomic E-state index is 10.6. The second-order valence-corrected chi connectivity index (χ2v) is 7.28. The third-order valence-electron chi connectivity index (χ3n) is 3.89. The van der Waals surface area contributed by atoms with E-state index in [2.05, 4.69) is 22.0 Å². The average molecular weight is 328 g/mol. The fourth-order valence-corrected chi connectivity index (χ4v) is 4.36. The third-order valence-corrected chi connectivity index (χ3v) is 6.08. The molecular weight excluding hydrogens is 310 g/mol. The molecule has 0 amide bonds. The Balaban J connectivity index is 2.29. The summed E-state index contributed by atoms with van der Waals surface area (Å²) in [5.74, 6) is 0. The van der Waals surface area contributed by atoms with E-state index in [-0.39, 0.29) is 0 Å². The molecular formula is C14H18BrNOS. The normalized spacial score (nSPS) is 21.0. The molecule has 0 aromatic carbocycles. The Bertz CT molecular complexity index is 435. The minimum atomic E-state index is -0.643. The summed E-state index contributed by atoms with van der Waals surface area (Å²) in [6.45, 7) is 2.02. The van der Waals surface area contributed by atoms with Gasteiger partial charge in [0.1, 0.15) is 6.10 Å². The van der Waals surface area contributed by atoms with E-state index >= 15 is 0 Å². The van der Waals surface area contributed by atoms with Crippen LogP contribution in [0.15, 0.2) is 10.5 Å². The fraction of sp³-hybridized carbons (Fsp3) is 0.643. The molecule has 1 N–H and O–H groups in total. The first-order chi connectivity index (χ1) is 8.59. The van der Waals surface area contributed by atoms with Crippen LogP contribution in [0.3, 0.4) is 0 Å². The molecule has 0 aliphatic heterocycles. The molecule has 1 heterocycles. The van der Waals surface area contributed by atoms with Gasteiger partial charge in [0.05, 0.1) is 11.5 Å². The number of aliphatic hydroxyl groups is 1. The molecule has 1 atom stereocenters. The fourth-order valence-electron chi connectivity index (χ4n) is 2.69. The van der Waals surface area contributed by atoms with Crippen molar-refractivity contribution in [2.75, 3.05) is 0 Å². The molecule has 2 nitrogen and oxygen atoms in total. The van der Waals surface area contributed by atoms with Gasteiger partial charge in [0.2, 0.25) is 0 Å². The summed E-state index contributed by atoms with van der Waals surface area (Å²) in [4.78, 5) is 2.08. The predicted molar refractivity (Wildman–Crippen MR) is 77.5 cm³/mol. The van der Waals surface area contributed by atoms with E-state index in [1.165, 1.54) is 12.8 Å². The standard InChI is InChI=1S/C14H18BrNOS/c1-10-11(15)8-12(18-10)13(17)14(9-16)6-4-2-3-5-7-14/h8,13,17H,2-7H2,1H3. The molecule has 0 saturated heterocycles. The monoisotopic (exact) mass is 327 g/mol. The smallest absolute Gasteiger partial charge is 0.107 e. The highest BCUT2D eigenvalue weighted by atomic mass is 79.9. The van der Waals surface area contributed by atoms with Gasteiger partial charge < -0.3 is 5.11 Å². The summed E-state index contributed by atoms with van der Waals surface area (Å²) < 4.78 is 1.03. The van der Waals surface area contributed by atoms with Crippen molar-refractivity contribution in [1.29, 1.82) is 5.26 Å². The topological polar surface area (TPSA) is 44.0 Å². The van der Waals surface area contributed by atoms with E-state index in [0.29, 0.717) is 0 Å². The van der Waals surface area contributed by atoms with Crippen molar-refractivity contribution in [3.05, 3.63) is 20.3 Å². The van der Waals surface area contributed by atoms with E-state index < -0.39 is 11.5 Å². The summed E-state index contributed by atoms with van der Waals surface area (Å²) in [6.07, 6.45) is 5.47. The van der Waals surface area contributed by atoms with Gasteiger partial charge in [-0.15, -0.1) is 11.3 Å². The first-order valence-corrected chi connectivity index (χ1v) is 8.05. The lowest BCUT2D eigenvalue weighted by Crippen LogP contribution is -2.26. The van der Waals surface area contributed by atoms with Crippen molar-refractivity contribution < 1.29 is 5.11 Å². The molecule has 2 rings (SSSR count). The summed E-state index contributed by atoms with van der Waals surface area (Å²) in [5, 5.41) is 20.2. The molecule has 0 bridgehead atoms. The van der Waals surface area contributed by atoms with E-state index in [9.17, 15) is 10.4 Å². The maximum Gasteiger partial charge on any atom is 0.107 e. The Morgan fingerprint density at radius 1 is 1.39 bits per heavy atom. The first-order valence-electron chi connectivity index (χ1n) is 6.44. The number of nitrogens with zero attached hydrogens (tertiary/aromatic N) is 1. The van der Waals surface area contributed by atoms with Gasteiger partial charge in [-0.3, -0.25) is 0 Å². The van der Waals surface area contributed by atoms with Gasteiger partial charge in [-0.2, -0.15) is 5.26 Å². The Morgan fingerprint density at radius 2 is 2.00 bits per heavy atom. The van der Waals surface area contributed by atoms with E-state index in [1.807, 2.05) is 13.0 Å². The van der Waals surface area contributed by atoms with E-state index in [4.69, 9.17) is 0 Å². The van der Waals surface area contributed by atoms with Crippen molar-refractivity contribution in [2.45, 2.75) is 51.6 Å². The van der Waals surface area contributed by atoms with Gasteiger partial charge in [-0.05, 0) is 41.8 Å². The molecule has 4 heteroatoms. The van der Waals surface area contributed by atoms with Crippen LogP contribution in [-0.2, 0) is 0 Å². The van der Waals surface area contributed by atoms with Crippen LogP contribution in [-0.4, -0.2) is 5.11 Å². The van der Waals surface area contributed by atoms with E-state index in [0.717, 1.165) is 39.9 Å². The summed E-state index contributed by atoms with van der Waals surface area (Å²) in [6, 6.07) is 4.39. The van der Waals surface area contributed by atoms with Crippen molar-refractivity contribution in [3.63, 3.8) is 0 Å². The number of hydrogen-bond acceptors (Lipinski definition) is 3. The number of hydrogen-bond donors (Lipinski definition) is 1. The minimum absolute atomic E-state index is 0.576. The SMILES string of the molecule is Cc1sc(C(O)C2(C#N)CCCCCC2)cc1Br. The van der Waals surface area contributed by atoms with Crippen molar-refractivity contribution in [1.82, 2.24) is 0 Å². The molecule has 98 valence electrons. The Kier molecular flexibility index (Phi) is 4.47. The van der Waals surface area contributed by atoms with Gasteiger partial charge in [0.15, 0.2) is 0 Å². The number of aryl methyl sites for hydroxylation is 1. The molecule has 1 fully saturated rings. The van der Waals surface area contributed by atoms with Crippen molar-refractivity contribution in [2.24, 2.45) is 5.41 Å². The maximum atomic E-state index is 10.6. The van der Waals surface area contributed by atoms with Crippen LogP contribution in [0.5, 0.6) is 0 Å². The van der Waals surface area contributed by atoms with Gasteiger partial charge in [-0.25, -0.2) is 0 Å². The Morgan fingerprint density at radius 3 is 2.44 bits per heavy atom. The zero-order chi connectivity index (χ0) is 13.2. The molecule has 1 saturated carbocycles. The highest BCUT2D eigenvalue weighted by molar-refractivity contribution is 9.10. The number of aliphatic hydroxyl groups excluding tert-OH is 1. The molecule has 1 aromatic heterocycles. The molecule has 1 aliphatic carbocycles. The number of nitriles is 1. The predicted octanol–water partition coefficient (Wildman–Crippen LogP) is 4.72. The van der Waals surface area contributed by atoms with Gasteiger partial charge in [0, 0.05) is 14.2 Å². The summed E-state index contributed by atoms with van der Waals surface area (Å²) in [7, 11) is 0. The van der Waals surface area contributed by atoms with Crippen LogP contribution in [0.25, 0.3) is 0 Å². The molecule has 1 unspecified atom stereocenters. The van der Waals surface area contributed by atoms with Crippen molar-refractivity contribution >= 4 is 27.3 Å². The lowest BCUT2D eigenvalue weighted by atomic mass is 9.76. The molecule has 0 spiro atoms. The van der Waals surface area contributed by atoms with Crippen LogP contribution in [0.4, 0.5) is 0 Å². The molecule has 0 radical (unpaired) electrons.